The number of benzene rings is 2. The van der Waals surface area contributed by atoms with Crippen LogP contribution in [0.25, 0.3) is 22.0 Å². The summed E-state index contributed by atoms with van der Waals surface area (Å²) in [4.78, 5) is 18.4. The van der Waals surface area contributed by atoms with Gasteiger partial charge in [0.15, 0.2) is 0 Å². The molecule has 1 fully saturated rings. The monoisotopic (exact) mass is 543 g/mol. The van der Waals surface area contributed by atoms with Crippen molar-refractivity contribution in [2.45, 2.75) is 30.0 Å². The van der Waals surface area contributed by atoms with E-state index < -0.39 is 27.7 Å². The molecular formula is C26H24F3N5O3S. The maximum absolute atomic E-state index is 13.2. The van der Waals surface area contributed by atoms with E-state index in [2.05, 4.69) is 15.3 Å². The van der Waals surface area contributed by atoms with Gasteiger partial charge >= 0.3 is 6.18 Å². The number of rotatable bonds is 6. The highest BCUT2D eigenvalue weighted by Crippen LogP contribution is 2.30. The number of anilines is 1. The molecule has 2 aromatic carbocycles. The van der Waals surface area contributed by atoms with E-state index >= 15 is 0 Å². The number of nitrogens with two attached hydrogens (primary N) is 1. The van der Waals surface area contributed by atoms with Gasteiger partial charge in [-0.3, -0.25) is 4.79 Å². The number of nitrogens with one attached hydrogen (secondary N) is 2. The summed E-state index contributed by atoms with van der Waals surface area (Å²) in [7, 11) is -3.71. The fraction of sp³-hybridized carbons (Fsp3) is 0.231. The summed E-state index contributed by atoms with van der Waals surface area (Å²) in [5.74, 6) is -0.230. The first-order valence-corrected chi connectivity index (χ1v) is 13.3. The number of hydrogen-bond donors (Lipinski definition) is 3. The Morgan fingerprint density at radius 3 is 2.29 bits per heavy atom. The van der Waals surface area contributed by atoms with Gasteiger partial charge in [-0.05, 0) is 66.4 Å². The maximum Gasteiger partial charge on any atom is 0.417 e. The smallest absolute Gasteiger partial charge is 0.367 e. The fourth-order valence-corrected chi connectivity index (χ4v) is 5.98. The van der Waals surface area contributed by atoms with Crippen LogP contribution in [0.5, 0.6) is 0 Å². The molecule has 38 heavy (non-hydrogen) atoms. The topological polar surface area (TPSA) is 121 Å². The summed E-state index contributed by atoms with van der Waals surface area (Å²) in [5.41, 5.74) is 7.28. The molecule has 1 aliphatic rings. The largest absolute Gasteiger partial charge is 0.417 e. The van der Waals surface area contributed by atoms with Gasteiger partial charge in [-0.25, -0.2) is 13.4 Å². The standard InChI is InChI=1S/C26H24F3N5O3S/c27-26(28,29)19-4-8-24(31-15-19)32-20-9-11-34(12-10-20)38(36,37)21-5-1-16(2-6-21)17-3-7-22-18(13-17)14-23(33-22)25(30)35/h1-8,13-15,20,33H,9-12H2,(H2,30,35)(H,31,32). The lowest BCUT2D eigenvalue weighted by Gasteiger charge is -2.32. The molecule has 0 bridgehead atoms. The van der Waals surface area contributed by atoms with E-state index in [1.165, 1.54) is 10.4 Å². The zero-order chi connectivity index (χ0) is 27.1. The Morgan fingerprint density at radius 1 is 1.00 bits per heavy atom. The predicted octanol–water partition coefficient (Wildman–Crippen LogP) is 4.61. The number of pyridine rings is 1. The molecule has 0 radical (unpaired) electrons. The molecule has 1 saturated heterocycles. The zero-order valence-electron chi connectivity index (χ0n) is 20.0. The molecular weight excluding hydrogens is 519 g/mol. The molecule has 1 aliphatic heterocycles. The van der Waals surface area contributed by atoms with Gasteiger partial charge in [-0.15, -0.1) is 0 Å². The van der Waals surface area contributed by atoms with E-state index in [4.69, 9.17) is 5.73 Å². The van der Waals surface area contributed by atoms with Crippen LogP contribution >= 0.6 is 0 Å². The van der Waals surface area contributed by atoms with Crippen molar-refractivity contribution in [3.05, 3.63) is 78.1 Å². The number of carbonyl (C=O) groups is 1. The summed E-state index contributed by atoms with van der Waals surface area (Å²) in [6.45, 7) is 0.545. The van der Waals surface area contributed by atoms with Crippen molar-refractivity contribution < 1.29 is 26.4 Å². The molecule has 12 heteroatoms. The molecule has 3 heterocycles. The molecule has 1 amide bonds. The normalized spacial score (nSPS) is 15.6. The number of piperidine rings is 1. The molecule has 198 valence electrons. The molecule has 4 aromatic rings. The highest BCUT2D eigenvalue weighted by atomic mass is 32.2. The van der Waals surface area contributed by atoms with Crippen LogP contribution < -0.4 is 11.1 Å². The van der Waals surface area contributed by atoms with Crippen LogP contribution in [0.3, 0.4) is 0 Å². The lowest BCUT2D eigenvalue weighted by Crippen LogP contribution is -2.42. The molecule has 0 spiro atoms. The number of H-pyrrole nitrogens is 1. The predicted molar refractivity (Wildman–Crippen MR) is 137 cm³/mol. The minimum absolute atomic E-state index is 0.105. The zero-order valence-corrected chi connectivity index (χ0v) is 20.8. The number of halogens is 3. The molecule has 2 aromatic heterocycles. The Bertz CT molecular complexity index is 1580. The second-order valence-corrected chi connectivity index (χ2v) is 11.1. The molecule has 0 atom stereocenters. The van der Waals surface area contributed by atoms with Crippen molar-refractivity contribution in [2.75, 3.05) is 18.4 Å². The number of amides is 1. The molecule has 4 N–H and O–H groups in total. The first kappa shape index (κ1) is 25.7. The number of fused-ring (bicyclic) bond motifs is 1. The number of primary amides is 1. The van der Waals surface area contributed by atoms with Crippen molar-refractivity contribution in [3.8, 4) is 11.1 Å². The van der Waals surface area contributed by atoms with Gasteiger partial charge in [0, 0.05) is 36.2 Å². The molecule has 0 saturated carbocycles. The van der Waals surface area contributed by atoms with Gasteiger partial charge in [0.05, 0.1) is 10.5 Å². The number of sulfonamides is 1. The number of hydrogen-bond acceptors (Lipinski definition) is 5. The quantitative estimate of drug-likeness (QED) is 0.328. The van der Waals surface area contributed by atoms with Crippen LogP contribution in [-0.2, 0) is 16.2 Å². The highest BCUT2D eigenvalue weighted by Gasteiger charge is 2.32. The molecule has 0 aliphatic carbocycles. The maximum atomic E-state index is 13.2. The van der Waals surface area contributed by atoms with Gasteiger partial charge in [0.25, 0.3) is 5.91 Å². The van der Waals surface area contributed by atoms with Crippen LogP contribution in [-0.4, -0.2) is 47.7 Å². The van der Waals surface area contributed by atoms with Crippen molar-refractivity contribution in [3.63, 3.8) is 0 Å². The average molecular weight is 544 g/mol. The summed E-state index contributed by atoms with van der Waals surface area (Å²) in [6.07, 6.45) is -2.69. The Morgan fingerprint density at radius 2 is 1.68 bits per heavy atom. The molecule has 0 unspecified atom stereocenters. The van der Waals surface area contributed by atoms with E-state index in [1.54, 1.807) is 30.3 Å². The Hall–Kier alpha value is -3.90. The van der Waals surface area contributed by atoms with E-state index in [1.807, 2.05) is 18.2 Å². The Kier molecular flexibility index (Phi) is 6.61. The summed E-state index contributed by atoms with van der Waals surface area (Å²) < 4.78 is 66.0. The van der Waals surface area contributed by atoms with Gasteiger partial charge in [-0.2, -0.15) is 17.5 Å². The lowest BCUT2D eigenvalue weighted by molar-refractivity contribution is -0.137. The van der Waals surface area contributed by atoms with Crippen molar-refractivity contribution in [2.24, 2.45) is 5.73 Å². The highest BCUT2D eigenvalue weighted by molar-refractivity contribution is 7.89. The van der Waals surface area contributed by atoms with Gasteiger partial charge < -0.3 is 16.0 Å². The van der Waals surface area contributed by atoms with E-state index in [0.717, 1.165) is 34.3 Å². The van der Waals surface area contributed by atoms with Crippen molar-refractivity contribution in [1.29, 1.82) is 0 Å². The van der Waals surface area contributed by atoms with Gasteiger partial charge in [0.1, 0.15) is 11.5 Å². The second kappa shape index (κ2) is 9.76. The Labute approximate surface area is 216 Å². The first-order chi connectivity index (χ1) is 18.0. The summed E-state index contributed by atoms with van der Waals surface area (Å²) in [6, 6.07) is 16.0. The number of alkyl halides is 3. The van der Waals surface area contributed by atoms with E-state index in [0.29, 0.717) is 24.4 Å². The third-order valence-corrected chi connectivity index (χ3v) is 8.52. The number of nitrogens with zero attached hydrogens (tertiary/aromatic N) is 2. The minimum atomic E-state index is -4.45. The summed E-state index contributed by atoms with van der Waals surface area (Å²) >= 11 is 0. The minimum Gasteiger partial charge on any atom is -0.367 e. The number of aromatic nitrogens is 2. The van der Waals surface area contributed by atoms with E-state index in [-0.39, 0.29) is 24.0 Å². The van der Waals surface area contributed by atoms with Crippen molar-refractivity contribution >= 4 is 32.7 Å². The van der Waals surface area contributed by atoms with Crippen molar-refractivity contribution in [1.82, 2.24) is 14.3 Å². The van der Waals surface area contributed by atoms with Crippen LogP contribution in [0.1, 0.15) is 28.9 Å². The van der Waals surface area contributed by atoms with Crippen LogP contribution in [0.2, 0.25) is 0 Å². The van der Waals surface area contributed by atoms with Gasteiger partial charge in [-0.1, -0.05) is 18.2 Å². The number of aromatic amines is 1. The third-order valence-electron chi connectivity index (χ3n) is 6.61. The van der Waals surface area contributed by atoms with Crippen LogP contribution in [0, 0.1) is 0 Å². The average Bonchev–Trinajstić information content (AvgIpc) is 3.33. The lowest BCUT2D eigenvalue weighted by atomic mass is 10.0. The molecule has 5 rings (SSSR count). The fourth-order valence-electron chi connectivity index (χ4n) is 4.51. The third kappa shape index (κ3) is 5.22. The van der Waals surface area contributed by atoms with E-state index in [9.17, 15) is 26.4 Å². The Balaban J connectivity index is 1.23. The summed E-state index contributed by atoms with van der Waals surface area (Å²) in [5, 5.41) is 3.91. The SMILES string of the molecule is NC(=O)c1cc2cc(-c3ccc(S(=O)(=O)N4CCC(Nc5ccc(C(F)(F)F)cn5)CC4)cc3)ccc2[nH]1. The van der Waals surface area contributed by atoms with Crippen LogP contribution in [0.15, 0.2) is 71.8 Å². The van der Waals surface area contributed by atoms with Crippen LogP contribution in [0.4, 0.5) is 19.0 Å². The van der Waals surface area contributed by atoms with Gasteiger partial charge in [0.2, 0.25) is 10.0 Å². The number of carbonyl (C=O) groups excluding carboxylic acids is 1. The second-order valence-electron chi connectivity index (χ2n) is 9.13. The first-order valence-electron chi connectivity index (χ1n) is 11.8. The molecule has 8 nitrogen and oxygen atoms in total.